The van der Waals surface area contributed by atoms with Gasteiger partial charge in [0.2, 0.25) is 0 Å². The van der Waals surface area contributed by atoms with Gasteiger partial charge in [0.25, 0.3) is 0 Å². The van der Waals surface area contributed by atoms with Crippen LogP contribution >= 0.6 is 46.1 Å². The molecule has 1 atom stereocenters. The van der Waals surface area contributed by atoms with Crippen molar-refractivity contribution in [2.75, 3.05) is 0 Å². The van der Waals surface area contributed by atoms with Crippen molar-refractivity contribution >= 4 is 52.2 Å². The second-order valence-electron chi connectivity index (χ2n) is 7.72. The summed E-state index contributed by atoms with van der Waals surface area (Å²) in [6.07, 6.45) is 5.71. The minimum Gasteiger partial charge on any atom is -0.335 e. The molecule has 4 rings (SSSR count). The highest BCUT2D eigenvalue weighted by atomic mass is 35.5. The normalized spacial score (nSPS) is 15.6. The van der Waals surface area contributed by atoms with Crippen molar-refractivity contribution in [1.82, 2.24) is 20.8 Å². The van der Waals surface area contributed by atoms with Crippen LogP contribution in [-0.4, -0.2) is 22.3 Å². The van der Waals surface area contributed by atoms with Crippen LogP contribution in [0, 0.1) is 0 Å². The lowest BCUT2D eigenvalue weighted by Crippen LogP contribution is -2.42. The molecule has 2 amide bonds. The molecule has 9 heteroatoms. The molecule has 3 N–H and O–H groups in total. The van der Waals surface area contributed by atoms with Gasteiger partial charge in [0, 0.05) is 21.0 Å². The molecule has 31 heavy (non-hydrogen) atoms. The highest BCUT2D eigenvalue weighted by molar-refractivity contribution is 7.16. The first-order chi connectivity index (χ1) is 15.0. The maximum Gasteiger partial charge on any atom is 0.315 e. The Morgan fingerprint density at radius 1 is 1.13 bits per heavy atom. The lowest BCUT2D eigenvalue weighted by Gasteiger charge is -2.22. The highest BCUT2D eigenvalue weighted by Crippen LogP contribution is 2.40. The van der Waals surface area contributed by atoms with Crippen molar-refractivity contribution < 1.29 is 4.79 Å². The number of nitrogens with one attached hydrogen (secondary N) is 3. The number of hydrogen-bond donors (Lipinski definition) is 3. The van der Waals surface area contributed by atoms with E-state index in [0.717, 1.165) is 34.7 Å². The van der Waals surface area contributed by atoms with Gasteiger partial charge in [0.15, 0.2) is 0 Å². The number of H-pyrrole nitrogens is 1. The van der Waals surface area contributed by atoms with Crippen molar-refractivity contribution in [2.24, 2.45) is 0 Å². The molecular formula is C22H23Cl3N4OS. The Balaban J connectivity index is 1.49. The van der Waals surface area contributed by atoms with Gasteiger partial charge in [0.05, 0.1) is 28.2 Å². The van der Waals surface area contributed by atoms with Crippen molar-refractivity contribution in [3.05, 3.63) is 72.6 Å². The fourth-order valence-electron chi connectivity index (χ4n) is 3.95. The van der Waals surface area contributed by atoms with E-state index in [-0.39, 0.29) is 18.0 Å². The van der Waals surface area contributed by atoms with Gasteiger partial charge in [-0.05, 0) is 48.7 Å². The average molecular weight is 498 g/mol. The van der Waals surface area contributed by atoms with E-state index in [4.69, 9.17) is 34.8 Å². The number of carbonyl (C=O) groups is 1. The smallest absolute Gasteiger partial charge is 0.315 e. The lowest BCUT2D eigenvalue weighted by atomic mass is 9.94. The summed E-state index contributed by atoms with van der Waals surface area (Å²) in [6, 6.07) is 11.4. The molecule has 2 heterocycles. The number of benzene rings is 1. The van der Waals surface area contributed by atoms with Gasteiger partial charge in [-0.15, -0.1) is 11.3 Å². The number of thiophene rings is 1. The monoisotopic (exact) mass is 496 g/mol. The molecular weight excluding hydrogens is 475 g/mol. The molecule has 1 aromatic carbocycles. The Hall–Kier alpha value is -1.73. The Morgan fingerprint density at radius 2 is 1.94 bits per heavy atom. The van der Waals surface area contributed by atoms with Crippen molar-refractivity contribution in [3.8, 4) is 0 Å². The van der Waals surface area contributed by atoms with E-state index in [1.54, 1.807) is 6.07 Å². The third kappa shape index (κ3) is 5.75. The Labute approximate surface area is 200 Å². The van der Waals surface area contributed by atoms with Crippen LogP contribution in [0.4, 0.5) is 4.79 Å². The first kappa shape index (κ1) is 22.5. The first-order valence-corrected chi connectivity index (χ1v) is 12.2. The zero-order chi connectivity index (χ0) is 21.8. The summed E-state index contributed by atoms with van der Waals surface area (Å²) in [7, 11) is 0. The summed E-state index contributed by atoms with van der Waals surface area (Å²) in [5.41, 5.74) is 2.50. The third-order valence-electron chi connectivity index (χ3n) is 5.48. The Morgan fingerprint density at radius 3 is 2.65 bits per heavy atom. The molecule has 0 bridgehead atoms. The molecule has 1 fully saturated rings. The van der Waals surface area contributed by atoms with Gasteiger partial charge in [-0.3, -0.25) is 5.10 Å². The molecule has 1 aliphatic rings. The average Bonchev–Trinajstić information content (AvgIpc) is 3.38. The molecule has 5 nitrogen and oxygen atoms in total. The minimum absolute atomic E-state index is 0.148. The molecule has 0 spiro atoms. The molecule has 1 unspecified atom stereocenters. The van der Waals surface area contributed by atoms with Crippen LogP contribution in [0.1, 0.15) is 59.9 Å². The largest absolute Gasteiger partial charge is 0.335 e. The summed E-state index contributed by atoms with van der Waals surface area (Å²) >= 11 is 20.3. The fourth-order valence-corrected chi connectivity index (χ4v) is 5.66. The number of hydrogen-bond acceptors (Lipinski definition) is 3. The number of urea groups is 1. The van der Waals surface area contributed by atoms with E-state index in [1.807, 2.05) is 30.3 Å². The van der Waals surface area contributed by atoms with Crippen LogP contribution < -0.4 is 10.6 Å². The SMILES string of the molecule is O=C(NCc1cc(C(c2ccc(Cl)s2)c2ccc(Cl)cc2Cl)n[nH]1)NC1CCCCC1. The van der Waals surface area contributed by atoms with E-state index >= 15 is 0 Å². The van der Waals surface area contributed by atoms with Crippen molar-refractivity contribution in [1.29, 1.82) is 0 Å². The zero-order valence-corrected chi connectivity index (χ0v) is 19.8. The molecule has 164 valence electrons. The first-order valence-electron chi connectivity index (χ1n) is 10.3. The fraction of sp³-hybridized carbons (Fsp3) is 0.364. The summed E-state index contributed by atoms with van der Waals surface area (Å²) < 4.78 is 0.696. The van der Waals surface area contributed by atoms with Crippen LogP contribution in [0.15, 0.2) is 36.4 Å². The van der Waals surface area contributed by atoms with Crippen molar-refractivity contribution in [2.45, 2.75) is 50.6 Å². The standard InChI is InChI=1S/C22H23Cl3N4OS/c23-13-6-7-16(17(24)10-13)21(19-8-9-20(25)31-19)18-11-15(28-29-18)12-26-22(30)27-14-4-2-1-3-5-14/h6-11,14,21H,1-5,12H2,(H,28,29)(H2,26,27,30). The van der Waals surface area contributed by atoms with Crippen LogP contribution in [-0.2, 0) is 6.54 Å². The second-order valence-corrected chi connectivity index (χ2v) is 10.3. The molecule has 0 radical (unpaired) electrons. The van der Waals surface area contributed by atoms with Crippen LogP contribution in [0.25, 0.3) is 0 Å². The van der Waals surface area contributed by atoms with Gasteiger partial charge in [-0.25, -0.2) is 4.79 Å². The summed E-state index contributed by atoms with van der Waals surface area (Å²) in [5.74, 6) is -0.191. The summed E-state index contributed by atoms with van der Waals surface area (Å²) in [6.45, 7) is 0.359. The minimum atomic E-state index is -0.191. The van der Waals surface area contributed by atoms with E-state index < -0.39 is 0 Å². The van der Waals surface area contributed by atoms with Crippen molar-refractivity contribution in [3.63, 3.8) is 0 Å². The zero-order valence-electron chi connectivity index (χ0n) is 16.8. The van der Waals surface area contributed by atoms with Gasteiger partial charge in [0.1, 0.15) is 0 Å². The molecule has 1 saturated carbocycles. The highest BCUT2D eigenvalue weighted by Gasteiger charge is 2.24. The van der Waals surface area contributed by atoms with Crippen LogP contribution in [0.3, 0.4) is 0 Å². The topological polar surface area (TPSA) is 69.8 Å². The number of aromatic amines is 1. The number of carbonyl (C=O) groups excluding carboxylic acids is 1. The van der Waals surface area contributed by atoms with Gasteiger partial charge < -0.3 is 10.6 Å². The lowest BCUT2D eigenvalue weighted by molar-refractivity contribution is 0.232. The molecule has 2 aromatic heterocycles. The third-order valence-corrected chi connectivity index (χ3v) is 7.34. The summed E-state index contributed by atoms with van der Waals surface area (Å²) in [4.78, 5) is 13.3. The molecule has 0 saturated heterocycles. The Kier molecular flexibility index (Phi) is 7.43. The number of amides is 2. The maximum absolute atomic E-state index is 12.2. The predicted molar refractivity (Wildman–Crippen MR) is 128 cm³/mol. The van der Waals surface area contributed by atoms with E-state index in [2.05, 4.69) is 20.8 Å². The molecule has 1 aliphatic carbocycles. The van der Waals surface area contributed by atoms with E-state index in [9.17, 15) is 4.79 Å². The van der Waals surface area contributed by atoms with E-state index in [1.165, 1.54) is 30.6 Å². The number of halogens is 3. The van der Waals surface area contributed by atoms with Gasteiger partial charge >= 0.3 is 6.03 Å². The molecule has 3 aromatic rings. The Bertz CT molecular complexity index is 1050. The number of aromatic nitrogens is 2. The second kappa shape index (κ2) is 10.3. The summed E-state index contributed by atoms with van der Waals surface area (Å²) in [5, 5.41) is 14.7. The van der Waals surface area contributed by atoms with Gasteiger partial charge in [-0.2, -0.15) is 5.10 Å². The van der Waals surface area contributed by atoms with Crippen LogP contribution in [0.2, 0.25) is 14.4 Å². The molecule has 0 aliphatic heterocycles. The van der Waals surface area contributed by atoms with Gasteiger partial charge in [-0.1, -0.05) is 60.1 Å². The predicted octanol–water partition coefficient (Wildman–Crippen LogP) is 6.74. The quantitative estimate of drug-likeness (QED) is 0.353. The maximum atomic E-state index is 12.2. The number of nitrogens with zero attached hydrogens (tertiary/aromatic N) is 1. The van der Waals surface area contributed by atoms with E-state index in [0.29, 0.717) is 20.9 Å². The van der Waals surface area contributed by atoms with Crippen LogP contribution in [0.5, 0.6) is 0 Å². The number of rotatable bonds is 6.